The van der Waals surface area contributed by atoms with E-state index in [0.717, 1.165) is 111 Å². The number of aromatic nitrogens is 7. The largest absolute Gasteiger partial charge is 1.00 e. The summed E-state index contributed by atoms with van der Waals surface area (Å²) in [5.74, 6) is -1.05. The topological polar surface area (TPSA) is 759 Å². The molecule has 53 heteroatoms. The minimum Gasteiger partial charge on any atom is -0.872 e. The molecule has 16 rings (SSSR count). The van der Waals surface area contributed by atoms with Crippen LogP contribution in [0.1, 0.15) is 70.7 Å². The number of nitrogens with two attached hydrogens (primary N) is 7. The molecule has 0 unspecified atom stereocenters. The van der Waals surface area contributed by atoms with Gasteiger partial charge in [0.15, 0.2) is 11.5 Å². The molecular formula is C75H74BrN14NaO30S7. The van der Waals surface area contributed by atoms with Gasteiger partial charge in [-0.2, -0.15) is 94.9 Å². The first kappa shape index (κ1) is 99.8. The molecule has 0 bridgehead atoms. The summed E-state index contributed by atoms with van der Waals surface area (Å²) >= 11 is 3.24. The van der Waals surface area contributed by atoms with E-state index in [1.165, 1.54) is 103 Å². The Morgan fingerprint density at radius 1 is 0.359 bits per heavy atom. The first-order valence-electron chi connectivity index (χ1n) is 36.2. The van der Waals surface area contributed by atoms with E-state index in [2.05, 4.69) is 81.1 Å². The summed E-state index contributed by atoms with van der Waals surface area (Å²) in [6.07, 6.45) is 6.88. The van der Waals surface area contributed by atoms with Crippen LogP contribution in [0.15, 0.2) is 184 Å². The number of halogens is 1. The summed E-state index contributed by atoms with van der Waals surface area (Å²) < 4.78 is 185. The van der Waals surface area contributed by atoms with Gasteiger partial charge in [-0.1, -0.05) is 12.7 Å². The molecule has 7 aromatic carbocycles. The number of rotatable bonds is 15. The summed E-state index contributed by atoms with van der Waals surface area (Å²) in [4.78, 5) is 97.5. The average molecular weight is 1980 g/mol. The van der Waals surface area contributed by atoms with E-state index in [-0.39, 0.29) is 114 Å². The molecule has 0 aliphatic heterocycles. The maximum absolute atomic E-state index is 11.8. The Balaban J connectivity index is 0.000000169. The van der Waals surface area contributed by atoms with Crippen molar-refractivity contribution in [1.29, 1.82) is 0 Å². The number of benzene rings is 7. The standard InChI is InChI=1S/C13H14N2O4S.C12H12N2O4S.C12H14N2O4S.C10H10N2O5S.C10H10N2O4S.C9H7BrN2O4S.C9H8N2O5S.Na/c14-20(17,18)19-12-7-11-9(5-6-13(16)15-11)8-3-1-2-4-10(8)12;13-19(16,17)18-9-4-7-2-1-3-8-5-11(15)14-10(6-9)12(7)8;1-3-9-7(2)12(15)14-11-6-8(4-5-10(9)11)18-19(13,16)17;1-5-4-8(13)12-9-6(5)2-3-7(10(9)14)17-18(11,15)16;1-6-4-10(13)12-9-5-7(2-3-8(6)9)16-17(11,14)15;10-7-3-5(16-17(11,14)15)4-8-6(7)1-2-9(13)12-8;10-17(14,15)16-5-3-7-6(8(12)4-5)1-2-9(13)11-7;/h5-7H,1-4H2,(H,15,16)(H2,14,17,18);4-6H,1-3H2,(H,14,15)(H2,13,16,17);4-6H,3H2,1-2H3,(H,14,15)(H2,13,16,17);2-4,14H,1H3,(H,12,13)(H2,11,15,16);2-5H,1H3,(H,12,13)(H2,11,14,15);1-4H,(H,12,13)(H2,11,14,15);1-4,12H,(H,11,13)(H2,10,14,15);/q;;;;;;;+1/p-1. The molecule has 0 radical (unpaired) electrons. The van der Waals surface area contributed by atoms with Gasteiger partial charge in [0.2, 0.25) is 33.4 Å². The van der Waals surface area contributed by atoms with E-state index in [0.29, 0.717) is 55.0 Å². The summed E-state index contributed by atoms with van der Waals surface area (Å²) in [5, 5.41) is 60.0. The van der Waals surface area contributed by atoms with Crippen molar-refractivity contribution in [2.45, 2.75) is 79.1 Å². The van der Waals surface area contributed by atoms with Crippen LogP contribution >= 0.6 is 15.9 Å². The van der Waals surface area contributed by atoms with E-state index in [9.17, 15) is 103 Å². The fraction of sp³-hybridized carbons (Fsp3) is 0.160. The van der Waals surface area contributed by atoms with Crippen LogP contribution in [0, 0.1) is 20.8 Å². The number of aryl methyl sites for hydroxylation is 6. The number of fused-ring (bicyclic) bond motifs is 8. The number of nitrogens with one attached hydrogen (secondary N) is 7. The maximum Gasteiger partial charge on any atom is 1.00 e. The third-order valence-electron chi connectivity index (χ3n) is 18.2. The number of phenolic OH excluding ortho intramolecular Hbond substituents is 1. The van der Waals surface area contributed by atoms with Crippen molar-refractivity contribution in [3.05, 3.63) is 267 Å². The number of hydrogen-bond acceptors (Lipinski definition) is 30. The second-order valence-corrected chi connectivity index (χ2v) is 36.5. The number of aromatic amines is 7. The summed E-state index contributed by atoms with van der Waals surface area (Å²) in [5.41, 5.74) is 7.76. The molecule has 44 nitrogen and oxygen atoms in total. The second kappa shape index (κ2) is 40.2. The number of H-pyrrole nitrogens is 7. The van der Waals surface area contributed by atoms with Crippen LogP contribution < -0.4 is 139 Å². The molecule has 128 heavy (non-hydrogen) atoms. The zero-order valence-electron chi connectivity index (χ0n) is 67.1. The van der Waals surface area contributed by atoms with Gasteiger partial charge in [0.05, 0.1) is 38.6 Å². The van der Waals surface area contributed by atoms with E-state index in [1.54, 1.807) is 57.2 Å². The van der Waals surface area contributed by atoms with Crippen LogP contribution in [0.3, 0.4) is 0 Å². The molecule has 22 N–H and O–H groups in total. The molecule has 0 saturated carbocycles. The first-order chi connectivity index (χ1) is 59.0. The van der Waals surface area contributed by atoms with Crippen molar-refractivity contribution in [3.8, 4) is 51.7 Å². The van der Waals surface area contributed by atoms with E-state index >= 15 is 0 Å². The second-order valence-electron chi connectivity index (χ2n) is 27.6. The smallest absolute Gasteiger partial charge is 0.872 e. The zero-order chi connectivity index (χ0) is 93.5. The van der Waals surface area contributed by atoms with E-state index in [4.69, 9.17) is 35.0 Å². The van der Waals surface area contributed by atoms with Crippen molar-refractivity contribution in [1.82, 2.24) is 34.9 Å². The van der Waals surface area contributed by atoms with Crippen LogP contribution in [0.2, 0.25) is 0 Å². The fourth-order valence-corrected chi connectivity index (χ4v) is 16.7. The van der Waals surface area contributed by atoms with Gasteiger partial charge < -0.3 is 74.4 Å². The van der Waals surface area contributed by atoms with Crippen LogP contribution in [-0.4, -0.2) is 98.9 Å². The third-order valence-corrected chi connectivity index (χ3v) is 21.8. The van der Waals surface area contributed by atoms with Crippen LogP contribution in [0.25, 0.3) is 76.3 Å². The van der Waals surface area contributed by atoms with E-state index < -0.39 is 94.7 Å². The summed E-state index contributed by atoms with van der Waals surface area (Å²) in [6, 6.07) is 34.8. The molecule has 0 amide bonds. The van der Waals surface area contributed by atoms with Crippen molar-refractivity contribution < 1.29 is 128 Å². The Labute approximate surface area is 754 Å². The average Bonchev–Trinajstić information content (AvgIpc) is 0.764. The minimum absolute atomic E-state index is 0. The van der Waals surface area contributed by atoms with Crippen LogP contribution in [0.4, 0.5) is 0 Å². The molecule has 674 valence electrons. The van der Waals surface area contributed by atoms with Crippen LogP contribution in [0.5, 0.6) is 51.7 Å². The molecule has 0 atom stereocenters. The predicted molar refractivity (Wildman–Crippen MR) is 469 cm³/mol. The van der Waals surface area contributed by atoms with Gasteiger partial charge in [-0.05, 0) is 205 Å². The van der Waals surface area contributed by atoms with Gasteiger partial charge in [-0.25, -0.2) is 0 Å². The Hall–Kier alpha value is -11.9. The normalized spacial score (nSPS) is 12.5. The molecule has 7 heterocycles. The van der Waals surface area contributed by atoms with Gasteiger partial charge in [-0.3, -0.25) is 33.6 Å². The third kappa shape index (κ3) is 28.0. The van der Waals surface area contributed by atoms with Crippen molar-refractivity contribution in [2.24, 2.45) is 36.0 Å². The zero-order valence-corrected chi connectivity index (χ0v) is 76.4. The molecule has 2 aliphatic rings. The molecule has 7 aromatic heterocycles. The number of phenols is 1. The van der Waals surface area contributed by atoms with Gasteiger partial charge >= 0.3 is 102 Å². The van der Waals surface area contributed by atoms with Gasteiger partial charge in [0.1, 0.15) is 34.5 Å². The molecule has 0 spiro atoms. The number of pyridine rings is 7. The molecule has 14 aromatic rings. The summed E-state index contributed by atoms with van der Waals surface area (Å²) in [7, 11) is -28.8. The Morgan fingerprint density at radius 3 is 1.27 bits per heavy atom. The van der Waals surface area contributed by atoms with Gasteiger partial charge in [0.25, 0.3) is 5.56 Å². The quantitative estimate of drug-likeness (QED) is 0.0609. The Morgan fingerprint density at radius 2 is 0.734 bits per heavy atom. The van der Waals surface area contributed by atoms with Crippen molar-refractivity contribution >= 4 is 164 Å². The summed E-state index contributed by atoms with van der Waals surface area (Å²) in [6.45, 7) is 7.19. The molecule has 0 fully saturated rings. The predicted octanol–water partition coefficient (Wildman–Crippen LogP) is 0.174. The van der Waals surface area contributed by atoms with Crippen molar-refractivity contribution in [3.63, 3.8) is 0 Å². The van der Waals surface area contributed by atoms with Gasteiger partial charge in [-0.15, -0.1) is 0 Å². The van der Waals surface area contributed by atoms with Gasteiger partial charge in [0, 0.05) is 115 Å². The van der Waals surface area contributed by atoms with Crippen LogP contribution in [-0.2, 0) is 104 Å². The fourth-order valence-electron chi connectivity index (χ4n) is 13.5. The Kier molecular flexibility index (Phi) is 31.3. The molecule has 2 aliphatic carbocycles. The maximum atomic E-state index is 11.8. The monoisotopic (exact) mass is 1980 g/mol. The SMILES string of the molecule is CCc1c(C)c(=O)[nH]c2cc(OS(N)(=O)=O)ccc12.Cc1cc(=O)[nH]c2c(O)c(OS(N)(=O)=O)ccc12.Cc1cc(=O)[nH]c2cc(OS(N)(=O)=O)ccc12.NS(=O)(=O)Oc1cc(Br)c2ccc(=O)[nH]c2c1.NS(=O)(=O)Oc1cc([O-])c2ccc(=O)[nH]c2c1.NS(=O)(=O)Oc1cc2[nH]c(=O)ccc2c2c1CCCC2.NS(=O)(=O)Oc1cc2c3c(cc(=O)[nH]c3c1)CCC2.[Na+]. The van der Waals surface area contributed by atoms with E-state index in [1.807, 2.05) is 6.92 Å². The van der Waals surface area contributed by atoms with Crippen molar-refractivity contribution in [2.75, 3.05) is 0 Å². The molecule has 0 saturated heterocycles. The Bertz CT molecular complexity index is 7950. The molecular weight excluding hydrogens is 1900 g/mol. The minimum atomic E-state index is -4.24. The first-order valence-corrected chi connectivity index (χ1v) is 47.3. The number of aromatic hydroxyl groups is 1. The number of hydrogen-bond donors (Lipinski definition) is 15.